The van der Waals surface area contributed by atoms with E-state index in [1.165, 1.54) is 25.3 Å². The largest absolute Gasteiger partial charge is 0.491 e. The Balaban J connectivity index is 2.72. The summed E-state index contributed by atoms with van der Waals surface area (Å²) in [7, 11) is 1.26. The quantitative estimate of drug-likeness (QED) is 0.466. The molecular formula is C13H10N4O8. The molecule has 12 heteroatoms. The fourth-order valence-electron chi connectivity index (χ4n) is 2.01. The van der Waals surface area contributed by atoms with Crippen LogP contribution in [0.15, 0.2) is 30.3 Å². The van der Waals surface area contributed by atoms with E-state index in [4.69, 9.17) is 15.2 Å². The van der Waals surface area contributed by atoms with Crippen molar-refractivity contribution in [2.45, 2.75) is 0 Å². The van der Waals surface area contributed by atoms with Crippen molar-refractivity contribution >= 4 is 22.7 Å². The van der Waals surface area contributed by atoms with Crippen LogP contribution in [0.25, 0.3) is 0 Å². The number of ether oxygens (including phenoxy) is 2. The molecule has 0 aliphatic carbocycles. The Morgan fingerprint density at radius 1 is 0.920 bits per heavy atom. The number of nitro groups is 3. The van der Waals surface area contributed by atoms with Gasteiger partial charge in [0.15, 0.2) is 11.5 Å². The van der Waals surface area contributed by atoms with Crippen molar-refractivity contribution in [1.82, 2.24) is 0 Å². The zero-order chi connectivity index (χ0) is 18.7. The lowest BCUT2D eigenvalue weighted by Gasteiger charge is -2.12. The number of rotatable bonds is 6. The van der Waals surface area contributed by atoms with Crippen molar-refractivity contribution in [2.75, 3.05) is 12.8 Å². The first-order valence-electron chi connectivity index (χ1n) is 6.47. The third kappa shape index (κ3) is 3.36. The molecule has 0 heterocycles. The Morgan fingerprint density at radius 3 is 1.92 bits per heavy atom. The van der Waals surface area contributed by atoms with Crippen LogP contribution >= 0.6 is 0 Å². The number of benzene rings is 2. The van der Waals surface area contributed by atoms with Crippen LogP contribution in [0, 0.1) is 30.3 Å². The van der Waals surface area contributed by atoms with Gasteiger partial charge in [-0.2, -0.15) is 0 Å². The predicted octanol–water partition coefficient (Wildman–Crippen LogP) is 2.79. The Bertz CT molecular complexity index is 847. The number of methoxy groups -OCH3 is 1. The van der Waals surface area contributed by atoms with Crippen LogP contribution in [-0.2, 0) is 0 Å². The highest BCUT2D eigenvalue weighted by molar-refractivity contribution is 5.68. The van der Waals surface area contributed by atoms with E-state index in [0.29, 0.717) is 12.1 Å². The number of non-ortho nitro benzene ring substituents is 1. The maximum atomic E-state index is 11.2. The molecule has 0 fully saturated rings. The number of anilines is 1. The second kappa shape index (κ2) is 6.66. The average Bonchev–Trinajstić information content (AvgIpc) is 2.54. The van der Waals surface area contributed by atoms with E-state index >= 15 is 0 Å². The van der Waals surface area contributed by atoms with Gasteiger partial charge in [0, 0.05) is 0 Å². The normalized spacial score (nSPS) is 10.1. The monoisotopic (exact) mass is 350 g/mol. The minimum atomic E-state index is -1.02. The number of hydrogen-bond acceptors (Lipinski definition) is 9. The van der Waals surface area contributed by atoms with Gasteiger partial charge in [0.1, 0.15) is 0 Å². The number of nitrogens with zero attached hydrogens (tertiary/aromatic N) is 3. The smallest absolute Gasteiger partial charge is 0.325 e. The second-order valence-corrected chi connectivity index (χ2v) is 4.57. The highest BCUT2D eigenvalue weighted by atomic mass is 16.6. The molecule has 0 atom stereocenters. The summed E-state index contributed by atoms with van der Waals surface area (Å²) in [4.78, 5) is 30.2. The van der Waals surface area contributed by atoms with E-state index in [-0.39, 0.29) is 17.2 Å². The van der Waals surface area contributed by atoms with E-state index < -0.39 is 37.6 Å². The van der Waals surface area contributed by atoms with Gasteiger partial charge in [-0.25, -0.2) is 0 Å². The molecule has 130 valence electrons. The van der Waals surface area contributed by atoms with Crippen molar-refractivity contribution in [3.8, 4) is 17.2 Å². The third-order valence-corrected chi connectivity index (χ3v) is 3.06. The van der Waals surface area contributed by atoms with Crippen molar-refractivity contribution < 1.29 is 24.2 Å². The summed E-state index contributed by atoms with van der Waals surface area (Å²) in [5, 5.41) is 33.3. The van der Waals surface area contributed by atoms with Gasteiger partial charge in [-0.15, -0.1) is 0 Å². The maximum absolute atomic E-state index is 11.2. The minimum Gasteiger partial charge on any atom is -0.491 e. The van der Waals surface area contributed by atoms with Gasteiger partial charge < -0.3 is 15.2 Å². The summed E-state index contributed by atoms with van der Waals surface area (Å²) in [6, 6.07) is 5.37. The Kier molecular flexibility index (Phi) is 4.63. The Morgan fingerprint density at radius 2 is 1.48 bits per heavy atom. The Hall–Kier alpha value is -3.96. The fourth-order valence-corrected chi connectivity index (χ4v) is 2.01. The van der Waals surface area contributed by atoms with E-state index in [9.17, 15) is 30.3 Å². The molecule has 0 aromatic heterocycles. The van der Waals surface area contributed by atoms with E-state index in [2.05, 4.69) is 0 Å². The van der Waals surface area contributed by atoms with Crippen LogP contribution in [0.3, 0.4) is 0 Å². The molecule has 12 nitrogen and oxygen atoms in total. The Labute approximate surface area is 138 Å². The van der Waals surface area contributed by atoms with E-state index in [1.807, 2.05) is 0 Å². The molecule has 0 saturated heterocycles. The molecule has 25 heavy (non-hydrogen) atoms. The molecule has 2 aromatic carbocycles. The molecule has 2 N–H and O–H groups in total. The van der Waals surface area contributed by atoms with Gasteiger partial charge in [-0.1, -0.05) is 6.07 Å². The van der Waals surface area contributed by atoms with Crippen molar-refractivity contribution in [3.63, 3.8) is 0 Å². The summed E-state index contributed by atoms with van der Waals surface area (Å²) >= 11 is 0. The fraction of sp³-hybridized carbons (Fsp3) is 0.0769. The van der Waals surface area contributed by atoms with Gasteiger partial charge in [0.2, 0.25) is 0 Å². The van der Waals surface area contributed by atoms with Crippen LogP contribution in [-0.4, -0.2) is 21.9 Å². The number of para-hydroxylation sites is 1. The lowest BCUT2D eigenvalue weighted by molar-refractivity contribution is -0.404. The molecule has 0 saturated carbocycles. The average molecular weight is 350 g/mol. The van der Waals surface area contributed by atoms with Crippen molar-refractivity contribution in [2.24, 2.45) is 0 Å². The van der Waals surface area contributed by atoms with Crippen molar-refractivity contribution in [3.05, 3.63) is 60.7 Å². The summed E-state index contributed by atoms with van der Waals surface area (Å²) in [6.07, 6.45) is 0. The van der Waals surface area contributed by atoms with Crippen LogP contribution in [0.1, 0.15) is 0 Å². The first-order chi connectivity index (χ1) is 11.8. The van der Waals surface area contributed by atoms with Gasteiger partial charge in [0.05, 0.1) is 39.7 Å². The third-order valence-electron chi connectivity index (χ3n) is 3.06. The van der Waals surface area contributed by atoms with Gasteiger partial charge in [-0.3, -0.25) is 30.3 Å². The molecule has 2 rings (SSSR count). The molecule has 2 aromatic rings. The molecule has 0 aliphatic rings. The maximum Gasteiger partial charge on any atom is 0.325 e. The summed E-state index contributed by atoms with van der Waals surface area (Å²) in [6.45, 7) is 0. The predicted molar refractivity (Wildman–Crippen MR) is 83.9 cm³/mol. The highest BCUT2D eigenvalue weighted by Gasteiger charge is 2.33. The first kappa shape index (κ1) is 17.4. The van der Waals surface area contributed by atoms with Gasteiger partial charge >= 0.3 is 11.4 Å². The molecule has 0 unspecified atom stereocenters. The molecule has 0 spiro atoms. The number of hydrogen-bond donors (Lipinski definition) is 1. The number of nitrogen functional groups attached to an aromatic ring is 1. The minimum absolute atomic E-state index is 0.00412. The van der Waals surface area contributed by atoms with Crippen LogP contribution in [0.5, 0.6) is 17.2 Å². The lowest BCUT2D eigenvalue weighted by Crippen LogP contribution is -2.02. The van der Waals surface area contributed by atoms with E-state index in [1.54, 1.807) is 0 Å². The van der Waals surface area contributed by atoms with Crippen molar-refractivity contribution in [1.29, 1.82) is 0 Å². The van der Waals surface area contributed by atoms with Gasteiger partial charge in [0.25, 0.3) is 11.4 Å². The molecule has 0 radical (unpaired) electrons. The van der Waals surface area contributed by atoms with Crippen LogP contribution in [0.4, 0.5) is 22.7 Å². The zero-order valence-electron chi connectivity index (χ0n) is 12.6. The van der Waals surface area contributed by atoms with E-state index in [0.717, 1.165) is 0 Å². The SMILES string of the molecule is COc1c(N)cccc1Oc1c([N+](=O)[O-])cc([N+](=O)[O-])cc1[N+](=O)[O-]. The molecule has 0 aliphatic heterocycles. The standard InChI is InChI=1S/C13H10N4O8/c1-24-12-8(14)3-2-4-11(12)25-13-9(16(20)21)5-7(15(18)19)6-10(13)17(22)23/h2-6H,14H2,1H3. The summed E-state index contributed by atoms with van der Waals surface area (Å²) in [5.41, 5.74) is 3.12. The van der Waals surface area contributed by atoms with Crippen LogP contribution in [0.2, 0.25) is 0 Å². The summed E-state index contributed by atoms with van der Waals surface area (Å²) < 4.78 is 10.3. The number of nitro benzene ring substituents is 3. The zero-order valence-corrected chi connectivity index (χ0v) is 12.6. The van der Waals surface area contributed by atoms with Crippen LogP contribution < -0.4 is 15.2 Å². The van der Waals surface area contributed by atoms with Gasteiger partial charge in [-0.05, 0) is 12.1 Å². The first-order valence-corrected chi connectivity index (χ1v) is 6.47. The molecule has 0 amide bonds. The lowest BCUT2D eigenvalue weighted by atomic mass is 10.2. The second-order valence-electron chi connectivity index (χ2n) is 4.57. The molecular weight excluding hydrogens is 340 g/mol. The molecule has 0 bridgehead atoms. The summed E-state index contributed by atoms with van der Waals surface area (Å²) in [5.74, 6) is -0.892. The topological polar surface area (TPSA) is 174 Å². The number of nitrogens with two attached hydrogens (primary N) is 1. The highest BCUT2D eigenvalue weighted by Crippen LogP contribution is 2.45.